The van der Waals surface area contributed by atoms with Crippen LogP contribution in [0.5, 0.6) is 11.5 Å². The van der Waals surface area contributed by atoms with Crippen LogP contribution >= 0.6 is 11.6 Å². The molecule has 0 aromatic heterocycles. The van der Waals surface area contributed by atoms with Gasteiger partial charge in [0.15, 0.2) is 17.5 Å². The Labute approximate surface area is 153 Å². The normalized spacial score (nSPS) is 11.5. The highest BCUT2D eigenvalue weighted by atomic mass is 35.5. The van der Waals surface area contributed by atoms with Gasteiger partial charge < -0.3 is 20.5 Å². The molecule has 0 saturated heterocycles. The standard InChI is InChI=1S/C17H17ClF3N3O2/c1-22-17(23-8-10-2-4-14(25)13(19)6-10)24-9-11-7-12(18)3-5-15(11)26-16(20)21/h2-7,16,25H,8-9H2,1H3,(H2,22,23,24). The van der Waals surface area contributed by atoms with Gasteiger partial charge in [-0.2, -0.15) is 8.78 Å². The van der Waals surface area contributed by atoms with Crippen molar-refractivity contribution < 1.29 is 23.0 Å². The SMILES string of the molecule is CN=C(NCc1ccc(O)c(F)c1)NCc1cc(Cl)ccc1OC(F)F. The summed E-state index contributed by atoms with van der Waals surface area (Å²) in [5.74, 6) is -0.779. The Bertz CT molecular complexity index is 788. The minimum Gasteiger partial charge on any atom is -0.505 e. The molecule has 140 valence electrons. The van der Waals surface area contributed by atoms with Gasteiger partial charge in [0, 0.05) is 30.7 Å². The molecule has 5 nitrogen and oxygen atoms in total. The topological polar surface area (TPSA) is 65.9 Å². The molecule has 0 aliphatic rings. The smallest absolute Gasteiger partial charge is 0.387 e. The maximum absolute atomic E-state index is 13.3. The molecular formula is C17H17ClF3N3O2. The fraction of sp³-hybridized carbons (Fsp3) is 0.235. The second kappa shape index (κ2) is 9.19. The third kappa shape index (κ3) is 5.73. The molecule has 0 fully saturated rings. The molecule has 0 aliphatic heterocycles. The van der Waals surface area contributed by atoms with Crippen LogP contribution in [0.3, 0.4) is 0 Å². The molecule has 2 aromatic rings. The molecule has 0 atom stereocenters. The number of hydrogen-bond acceptors (Lipinski definition) is 3. The highest BCUT2D eigenvalue weighted by Gasteiger charge is 2.11. The van der Waals surface area contributed by atoms with Gasteiger partial charge >= 0.3 is 6.61 Å². The van der Waals surface area contributed by atoms with Crippen LogP contribution in [0, 0.1) is 5.82 Å². The number of ether oxygens (including phenoxy) is 1. The van der Waals surface area contributed by atoms with E-state index in [1.807, 2.05) is 0 Å². The van der Waals surface area contributed by atoms with Gasteiger partial charge in [-0.1, -0.05) is 17.7 Å². The van der Waals surface area contributed by atoms with Gasteiger partial charge in [0.2, 0.25) is 0 Å². The van der Waals surface area contributed by atoms with Crippen LogP contribution in [0.1, 0.15) is 11.1 Å². The molecule has 9 heteroatoms. The van der Waals surface area contributed by atoms with Crippen molar-refractivity contribution >= 4 is 17.6 Å². The van der Waals surface area contributed by atoms with Crippen molar-refractivity contribution in [3.8, 4) is 11.5 Å². The minimum atomic E-state index is -2.95. The van der Waals surface area contributed by atoms with Crippen molar-refractivity contribution in [1.29, 1.82) is 0 Å². The second-order valence-corrected chi connectivity index (χ2v) is 5.63. The predicted octanol–water partition coefficient (Wildman–Crippen LogP) is 3.65. The summed E-state index contributed by atoms with van der Waals surface area (Å²) >= 11 is 5.90. The molecular weight excluding hydrogens is 371 g/mol. The van der Waals surface area contributed by atoms with E-state index in [9.17, 15) is 18.3 Å². The first-order valence-electron chi connectivity index (χ1n) is 7.54. The molecule has 2 aromatic carbocycles. The largest absolute Gasteiger partial charge is 0.505 e. The first kappa shape index (κ1) is 19.7. The van der Waals surface area contributed by atoms with E-state index in [0.717, 1.165) is 0 Å². The number of phenols is 1. The van der Waals surface area contributed by atoms with E-state index in [4.69, 9.17) is 11.6 Å². The van der Waals surface area contributed by atoms with Crippen molar-refractivity contribution in [3.05, 3.63) is 58.4 Å². The molecule has 0 bridgehead atoms. The number of benzene rings is 2. The average molecular weight is 388 g/mol. The van der Waals surface area contributed by atoms with Gasteiger partial charge in [-0.25, -0.2) is 4.39 Å². The fourth-order valence-corrected chi connectivity index (χ4v) is 2.34. The highest BCUT2D eigenvalue weighted by molar-refractivity contribution is 6.30. The summed E-state index contributed by atoms with van der Waals surface area (Å²) in [7, 11) is 1.53. The minimum absolute atomic E-state index is 0.00737. The van der Waals surface area contributed by atoms with Gasteiger partial charge in [0.1, 0.15) is 5.75 Å². The molecule has 0 saturated carbocycles. The molecule has 0 spiro atoms. The van der Waals surface area contributed by atoms with Crippen LogP contribution in [0.25, 0.3) is 0 Å². The summed E-state index contributed by atoms with van der Waals surface area (Å²) < 4.78 is 42.7. The predicted molar refractivity (Wildman–Crippen MR) is 93.2 cm³/mol. The van der Waals surface area contributed by atoms with Crippen molar-refractivity contribution in [2.24, 2.45) is 4.99 Å². The summed E-state index contributed by atoms with van der Waals surface area (Å²) in [5, 5.41) is 15.4. The van der Waals surface area contributed by atoms with E-state index in [2.05, 4.69) is 20.4 Å². The molecule has 2 rings (SSSR count). The molecule has 0 aliphatic carbocycles. The van der Waals surface area contributed by atoms with Gasteiger partial charge in [-0.3, -0.25) is 4.99 Å². The summed E-state index contributed by atoms with van der Waals surface area (Å²) in [6.07, 6.45) is 0. The van der Waals surface area contributed by atoms with Gasteiger partial charge in [0.05, 0.1) is 0 Å². The van der Waals surface area contributed by atoms with E-state index in [0.29, 0.717) is 22.1 Å². The lowest BCUT2D eigenvalue weighted by Crippen LogP contribution is -2.36. The molecule has 0 amide bonds. The number of nitrogens with zero attached hydrogens (tertiary/aromatic N) is 1. The quantitative estimate of drug-likeness (QED) is 0.523. The number of phenolic OH excluding ortho intramolecular Hbond substituents is 1. The zero-order valence-electron chi connectivity index (χ0n) is 13.8. The van der Waals surface area contributed by atoms with Gasteiger partial charge in [-0.15, -0.1) is 0 Å². The zero-order valence-corrected chi connectivity index (χ0v) is 14.5. The van der Waals surface area contributed by atoms with E-state index in [1.165, 1.54) is 37.4 Å². The lowest BCUT2D eigenvalue weighted by Gasteiger charge is -2.15. The van der Waals surface area contributed by atoms with E-state index in [1.54, 1.807) is 6.07 Å². The van der Waals surface area contributed by atoms with Crippen LogP contribution in [0.2, 0.25) is 5.02 Å². The molecule has 26 heavy (non-hydrogen) atoms. The number of aromatic hydroxyl groups is 1. The third-order valence-corrected chi connectivity index (χ3v) is 3.62. The van der Waals surface area contributed by atoms with Crippen LogP contribution in [-0.4, -0.2) is 24.7 Å². The van der Waals surface area contributed by atoms with E-state index >= 15 is 0 Å². The van der Waals surface area contributed by atoms with E-state index in [-0.39, 0.29) is 18.8 Å². The number of nitrogens with one attached hydrogen (secondary N) is 2. The number of halogens is 4. The summed E-state index contributed by atoms with van der Waals surface area (Å²) in [4.78, 5) is 4.00. The first-order valence-corrected chi connectivity index (χ1v) is 7.92. The maximum Gasteiger partial charge on any atom is 0.387 e. The zero-order chi connectivity index (χ0) is 19.1. The van der Waals surface area contributed by atoms with Crippen molar-refractivity contribution in [1.82, 2.24) is 10.6 Å². The Balaban J connectivity index is 1.98. The molecule has 0 radical (unpaired) electrons. The molecule has 3 N–H and O–H groups in total. The Morgan fingerprint density at radius 1 is 1.19 bits per heavy atom. The average Bonchev–Trinajstić information content (AvgIpc) is 2.59. The van der Waals surface area contributed by atoms with Crippen molar-refractivity contribution in [3.63, 3.8) is 0 Å². The van der Waals surface area contributed by atoms with Crippen LogP contribution in [0.4, 0.5) is 13.2 Å². The maximum atomic E-state index is 13.3. The number of aliphatic imine (C=N–C) groups is 1. The second-order valence-electron chi connectivity index (χ2n) is 5.20. The Hall–Kier alpha value is -2.61. The van der Waals surface area contributed by atoms with Crippen molar-refractivity contribution in [2.75, 3.05) is 7.05 Å². The lowest BCUT2D eigenvalue weighted by molar-refractivity contribution is -0.0504. The Morgan fingerprint density at radius 3 is 2.58 bits per heavy atom. The number of rotatable bonds is 6. The first-order chi connectivity index (χ1) is 12.4. The molecule has 0 unspecified atom stereocenters. The number of guanidine groups is 1. The Morgan fingerprint density at radius 2 is 1.92 bits per heavy atom. The van der Waals surface area contributed by atoms with Crippen LogP contribution in [0.15, 0.2) is 41.4 Å². The number of alkyl halides is 2. The van der Waals surface area contributed by atoms with E-state index < -0.39 is 18.2 Å². The third-order valence-electron chi connectivity index (χ3n) is 3.38. The summed E-state index contributed by atoms with van der Waals surface area (Å²) in [6, 6.07) is 8.33. The summed E-state index contributed by atoms with van der Waals surface area (Å²) in [5.41, 5.74) is 1.02. The monoisotopic (exact) mass is 387 g/mol. The van der Waals surface area contributed by atoms with Crippen molar-refractivity contribution in [2.45, 2.75) is 19.7 Å². The summed E-state index contributed by atoms with van der Waals surface area (Å²) in [6.45, 7) is -2.57. The Kier molecular flexibility index (Phi) is 6.97. The van der Waals surface area contributed by atoms with Crippen LogP contribution < -0.4 is 15.4 Å². The highest BCUT2D eigenvalue weighted by Crippen LogP contribution is 2.24. The van der Waals surface area contributed by atoms with Crippen LogP contribution in [-0.2, 0) is 13.1 Å². The lowest BCUT2D eigenvalue weighted by atomic mass is 10.2. The van der Waals surface area contributed by atoms with Gasteiger partial charge in [-0.05, 0) is 35.9 Å². The molecule has 0 heterocycles. The fourth-order valence-electron chi connectivity index (χ4n) is 2.14. The van der Waals surface area contributed by atoms with Gasteiger partial charge in [0.25, 0.3) is 0 Å². The number of hydrogen-bond donors (Lipinski definition) is 3.